The van der Waals surface area contributed by atoms with Crippen molar-refractivity contribution in [1.29, 1.82) is 0 Å². The average Bonchev–Trinajstić information content (AvgIpc) is 2.17. The first kappa shape index (κ1) is 11.8. The molecule has 0 radical (unpaired) electrons. The molecule has 0 aliphatic rings. The van der Waals surface area contributed by atoms with Crippen LogP contribution in [0.25, 0.3) is 0 Å². The fourth-order valence-corrected chi connectivity index (χ4v) is 1.41. The summed E-state index contributed by atoms with van der Waals surface area (Å²) in [6, 6.07) is 2.03. The highest BCUT2D eigenvalue weighted by molar-refractivity contribution is 5.67. The van der Waals surface area contributed by atoms with Crippen LogP contribution in [-0.4, -0.2) is 25.6 Å². The molecular weight excluding hydrogens is 186 g/mol. The Labute approximate surface area is 92.5 Å². The van der Waals surface area contributed by atoms with E-state index in [4.69, 9.17) is 0 Å². The molecule has 0 spiro atoms. The van der Waals surface area contributed by atoms with Gasteiger partial charge in [-0.05, 0) is 18.4 Å². The third-order valence-electron chi connectivity index (χ3n) is 2.32. The van der Waals surface area contributed by atoms with E-state index in [0.717, 1.165) is 18.2 Å². The second-order valence-electron chi connectivity index (χ2n) is 4.40. The molecule has 0 fully saturated rings. The molecule has 0 amide bonds. The Morgan fingerprint density at radius 1 is 1.40 bits per heavy atom. The Hall–Kier alpha value is -1.25. The van der Waals surface area contributed by atoms with Gasteiger partial charge in [0.15, 0.2) is 0 Å². The summed E-state index contributed by atoms with van der Waals surface area (Å²) < 4.78 is 0. The maximum Gasteiger partial charge on any atom is 0.0764 e. The van der Waals surface area contributed by atoms with Crippen molar-refractivity contribution in [3.05, 3.63) is 18.5 Å². The van der Waals surface area contributed by atoms with E-state index in [-0.39, 0.29) is 0 Å². The van der Waals surface area contributed by atoms with Gasteiger partial charge in [-0.1, -0.05) is 13.8 Å². The second-order valence-corrected chi connectivity index (χ2v) is 4.40. The fourth-order valence-electron chi connectivity index (χ4n) is 1.41. The summed E-state index contributed by atoms with van der Waals surface area (Å²) in [5.41, 5.74) is 2.30. The minimum absolute atomic E-state index is 0.733. The Balaban J connectivity index is 2.59. The van der Waals surface area contributed by atoms with Crippen molar-refractivity contribution >= 4 is 11.4 Å². The zero-order chi connectivity index (χ0) is 11.3. The molecular formula is C12H21N3. The summed E-state index contributed by atoms with van der Waals surface area (Å²) in [6.45, 7) is 5.47. The molecule has 1 N–H and O–H groups in total. The molecule has 3 nitrogen and oxygen atoms in total. The van der Waals surface area contributed by atoms with Gasteiger partial charge in [0, 0.05) is 26.8 Å². The predicted molar refractivity (Wildman–Crippen MR) is 66.5 cm³/mol. The lowest BCUT2D eigenvalue weighted by Crippen LogP contribution is -2.13. The molecule has 84 valence electrons. The first-order chi connectivity index (χ1) is 7.11. The topological polar surface area (TPSA) is 28.2 Å². The van der Waals surface area contributed by atoms with Gasteiger partial charge in [-0.3, -0.25) is 4.98 Å². The number of aromatic nitrogens is 1. The van der Waals surface area contributed by atoms with Crippen LogP contribution in [0.5, 0.6) is 0 Å². The summed E-state index contributed by atoms with van der Waals surface area (Å²) in [5, 5.41) is 3.42. The van der Waals surface area contributed by atoms with E-state index < -0.39 is 0 Å². The van der Waals surface area contributed by atoms with Crippen LogP contribution in [0, 0.1) is 5.92 Å². The molecule has 3 heteroatoms. The van der Waals surface area contributed by atoms with Crippen LogP contribution in [0.4, 0.5) is 11.4 Å². The van der Waals surface area contributed by atoms with Crippen LogP contribution in [0.2, 0.25) is 0 Å². The third kappa shape index (κ3) is 3.78. The molecule has 0 atom stereocenters. The minimum atomic E-state index is 0.733. The zero-order valence-corrected chi connectivity index (χ0v) is 10.1. The van der Waals surface area contributed by atoms with Gasteiger partial charge in [0.2, 0.25) is 0 Å². The van der Waals surface area contributed by atoms with Crippen LogP contribution >= 0.6 is 0 Å². The van der Waals surface area contributed by atoms with Crippen molar-refractivity contribution in [2.75, 3.05) is 30.9 Å². The predicted octanol–water partition coefficient (Wildman–Crippen LogP) is 2.61. The SMILES string of the molecule is CC(C)CCNc1cnccc1N(C)C. The molecule has 1 heterocycles. The van der Waals surface area contributed by atoms with Gasteiger partial charge in [0.1, 0.15) is 0 Å². The minimum Gasteiger partial charge on any atom is -0.382 e. The lowest BCUT2D eigenvalue weighted by atomic mass is 10.1. The van der Waals surface area contributed by atoms with Gasteiger partial charge in [-0.25, -0.2) is 0 Å². The highest BCUT2D eigenvalue weighted by Crippen LogP contribution is 2.22. The Kier molecular flexibility index (Phi) is 4.40. The van der Waals surface area contributed by atoms with E-state index in [2.05, 4.69) is 29.0 Å². The van der Waals surface area contributed by atoms with Gasteiger partial charge >= 0.3 is 0 Å². The van der Waals surface area contributed by atoms with E-state index in [9.17, 15) is 0 Å². The maximum atomic E-state index is 4.14. The zero-order valence-electron chi connectivity index (χ0n) is 10.1. The summed E-state index contributed by atoms with van der Waals surface area (Å²) in [5.74, 6) is 0.733. The van der Waals surface area contributed by atoms with Gasteiger partial charge in [0.05, 0.1) is 17.6 Å². The van der Waals surface area contributed by atoms with Crippen LogP contribution < -0.4 is 10.2 Å². The lowest BCUT2D eigenvalue weighted by Gasteiger charge is -2.18. The molecule has 0 aliphatic carbocycles. The Bertz CT molecular complexity index is 295. The fraction of sp³-hybridized carbons (Fsp3) is 0.583. The van der Waals surface area contributed by atoms with Gasteiger partial charge in [-0.15, -0.1) is 0 Å². The number of pyridine rings is 1. The number of hydrogen-bond donors (Lipinski definition) is 1. The summed E-state index contributed by atoms with van der Waals surface area (Å²) >= 11 is 0. The molecule has 0 saturated carbocycles. The van der Waals surface area contributed by atoms with E-state index >= 15 is 0 Å². The first-order valence-corrected chi connectivity index (χ1v) is 5.46. The summed E-state index contributed by atoms with van der Waals surface area (Å²) in [6.07, 6.45) is 4.89. The maximum absolute atomic E-state index is 4.14. The average molecular weight is 207 g/mol. The lowest BCUT2D eigenvalue weighted by molar-refractivity contribution is 0.607. The molecule has 15 heavy (non-hydrogen) atoms. The summed E-state index contributed by atoms with van der Waals surface area (Å²) in [4.78, 5) is 6.23. The second kappa shape index (κ2) is 5.59. The quantitative estimate of drug-likeness (QED) is 0.804. The monoisotopic (exact) mass is 207 g/mol. The van der Waals surface area contributed by atoms with E-state index in [0.29, 0.717) is 0 Å². The van der Waals surface area contributed by atoms with Crippen molar-refractivity contribution in [3.8, 4) is 0 Å². The van der Waals surface area contributed by atoms with Crippen molar-refractivity contribution in [2.24, 2.45) is 5.92 Å². The molecule has 0 aliphatic heterocycles. The molecule has 0 aromatic carbocycles. The largest absolute Gasteiger partial charge is 0.382 e. The standard InChI is InChI=1S/C12H21N3/c1-10(2)5-8-14-11-9-13-7-6-12(11)15(3)4/h6-7,9-10,14H,5,8H2,1-4H3. The number of rotatable bonds is 5. The Morgan fingerprint density at radius 3 is 2.73 bits per heavy atom. The molecule has 1 rings (SSSR count). The number of hydrogen-bond acceptors (Lipinski definition) is 3. The van der Waals surface area contributed by atoms with Crippen LogP contribution in [0.15, 0.2) is 18.5 Å². The van der Waals surface area contributed by atoms with Gasteiger partial charge < -0.3 is 10.2 Å². The number of anilines is 2. The van der Waals surface area contributed by atoms with Crippen LogP contribution in [0.3, 0.4) is 0 Å². The van der Waals surface area contributed by atoms with Crippen LogP contribution in [-0.2, 0) is 0 Å². The van der Waals surface area contributed by atoms with Gasteiger partial charge in [-0.2, -0.15) is 0 Å². The molecule has 0 unspecified atom stereocenters. The molecule has 1 aromatic rings. The third-order valence-corrected chi connectivity index (χ3v) is 2.32. The van der Waals surface area contributed by atoms with E-state index in [1.807, 2.05) is 32.6 Å². The number of nitrogens with one attached hydrogen (secondary N) is 1. The van der Waals surface area contributed by atoms with Gasteiger partial charge in [0.25, 0.3) is 0 Å². The normalized spacial score (nSPS) is 10.5. The number of nitrogens with zero attached hydrogens (tertiary/aromatic N) is 2. The smallest absolute Gasteiger partial charge is 0.0764 e. The van der Waals surface area contributed by atoms with Crippen LogP contribution in [0.1, 0.15) is 20.3 Å². The highest BCUT2D eigenvalue weighted by atomic mass is 15.1. The Morgan fingerprint density at radius 2 is 2.13 bits per heavy atom. The highest BCUT2D eigenvalue weighted by Gasteiger charge is 2.03. The molecule has 1 aromatic heterocycles. The van der Waals surface area contributed by atoms with E-state index in [1.165, 1.54) is 12.1 Å². The first-order valence-electron chi connectivity index (χ1n) is 5.46. The summed E-state index contributed by atoms with van der Waals surface area (Å²) in [7, 11) is 4.09. The van der Waals surface area contributed by atoms with Crippen molar-refractivity contribution in [1.82, 2.24) is 4.98 Å². The van der Waals surface area contributed by atoms with E-state index in [1.54, 1.807) is 0 Å². The molecule has 0 saturated heterocycles. The van der Waals surface area contributed by atoms with Crippen molar-refractivity contribution in [2.45, 2.75) is 20.3 Å². The molecule has 0 bridgehead atoms. The van der Waals surface area contributed by atoms with Crippen molar-refractivity contribution in [3.63, 3.8) is 0 Å². The van der Waals surface area contributed by atoms with Crippen molar-refractivity contribution < 1.29 is 0 Å².